The van der Waals surface area contributed by atoms with Crippen LogP contribution in [0.3, 0.4) is 0 Å². The number of halogens is 1. The standard InChI is InChI=1S/C23H34N4OS.HI/c1-18(2)28-17-20-9-6-8-19(14-20)15-25-23(24-3)26-16-21(22-10-7-13-29-22)27-11-4-5-12-27;/h6-10,13-14,18,21H,4-5,11-12,15-17H2,1-3H3,(H2,24,25,26);1H. The summed E-state index contributed by atoms with van der Waals surface area (Å²) >= 11 is 1.84. The summed E-state index contributed by atoms with van der Waals surface area (Å²) in [5.41, 5.74) is 2.43. The number of thiophene rings is 1. The van der Waals surface area contributed by atoms with E-state index in [2.05, 4.69) is 76.2 Å². The molecule has 2 N–H and O–H groups in total. The summed E-state index contributed by atoms with van der Waals surface area (Å²) in [6, 6.07) is 13.3. The molecule has 0 radical (unpaired) electrons. The lowest BCUT2D eigenvalue weighted by atomic mass is 10.1. The first kappa shape index (κ1) is 25.1. The molecule has 30 heavy (non-hydrogen) atoms. The zero-order valence-corrected chi connectivity index (χ0v) is 21.4. The van der Waals surface area contributed by atoms with Crippen LogP contribution in [0.4, 0.5) is 0 Å². The summed E-state index contributed by atoms with van der Waals surface area (Å²) in [4.78, 5) is 8.43. The fourth-order valence-electron chi connectivity index (χ4n) is 3.64. The largest absolute Gasteiger partial charge is 0.374 e. The van der Waals surface area contributed by atoms with Crippen molar-refractivity contribution >= 4 is 41.3 Å². The summed E-state index contributed by atoms with van der Waals surface area (Å²) in [6.07, 6.45) is 2.84. The summed E-state index contributed by atoms with van der Waals surface area (Å²) in [6.45, 7) is 8.74. The summed E-state index contributed by atoms with van der Waals surface area (Å²) in [5, 5.41) is 9.16. The monoisotopic (exact) mass is 542 g/mol. The number of likely N-dealkylation sites (tertiary alicyclic amines) is 1. The Hall–Kier alpha value is -1.16. The minimum absolute atomic E-state index is 0. The van der Waals surface area contributed by atoms with Gasteiger partial charge in [-0.05, 0) is 62.4 Å². The first-order chi connectivity index (χ1) is 14.2. The molecule has 2 heterocycles. The quantitative estimate of drug-likeness (QED) is 0.272. The highest BCUT2D eigenvalue weighted by atomic mass is 127. The fourth-order valence-corrected chi connectivity index (χ4v) is 4.50. The van der Waals surface area contributed by atoms with Crippen LogP contribution in [0.5, 0.6) is 0 Å². The number of hydrogen-bond acceptors (Lipinski definition) is 4. The molecular formula is C23H35IN4OS. The van der Waals surface area contributed by atoms with Gasteiger partial charge in [0.05, 0.1) is 18.8 Å². The molecule has 0 amide bonds. The second-order valence-electron chi connectivity index (χ2n) is 7.76. The highest BCUT2D eigenvalue weighted by Gasteiger charge is 2.24. The lowest BCUT2D eigenvalue weighted by molar-refractivity contribution is 0.0657. The molecule has 2 aromatic rings. The zero-order valence-electron chi connectivity index (χ0n) is 18.3. The molecule has 1 fully saturated rings. The van der Waals surface area contributed by atoms with E-state index in [1.165, 1.54) is 41.9 Å². The van der Waals surface area contributed by atoms with E-state index < -0.39 is 0 Å². The van der Waals surface area contributed by atoms with Crippen LogP contribution < -0.4 is 10.6 Å². The van der Waals surface area contributed by atoms with Crippen molar-refractivity contribution in [1.82, 2.24) is 15.5 Å². The fraction of sp³-hybridized carbons (Fsp3) is 0.522. The van der Waals surface area contributed by atoms with Crippen LogP contribution in [0.15, 0.2) is 46.8 Å². The van der Waals surface area contributed by atoms with E-state index in [0.717, 1.165) is 19.0 Å². The molecule has 5 nitrogen and oxygen atoms in total. The van der Waals surface area contributed by atoms with Crippen molar-refractivity contribution in [1.29, 1.82) is 0 Å². The van der Waals surface area contributed by atoms with Gasteiger partial charge in [-0.2, -0.15) is 0 Å². The number of nitrogens with zero attached hydrogens (tertiary/aromatic N) is 2. The molecule has 1 aliphatic heterocycles. The van der Waals surface area contributed by atoms with Gasteiger partial charge in [0.1, 0.15) is 0 Å². The lowest BCUT2D eigenvalue weighted by Gasteiger charge is -2.27. The van der Waals surface area contributed by atoms with Gasteiger partial charge in [0.15, 0.2) is 5.96 Å². The van der Waals surface area contributed by atoms with Gasteiger partial charge in [-0.1, -0.05) is 30.3 Å². The molecular weight excluding hydrogens is 507 g/mol. The van der Waals surface area contributed by atoms with E-state index in [1.807, 2.05) is 18.4 Å². The Bertz CT molecular complexity index is 760. The molecule has 1 aromatic heterocycles. The predicted octanol–water partition coefficient (Wildman–Crippen LogP) is 4.79. The molecule has 0 bridgehead atoms. The normalized spacial score (nSPS) is 15.8. The molecule has 0 saturated carbocycles. The molecule has 7 heteroatoms. The average Bonchev–Trinajstić information content (AvgIpc) is 3.44. The van der Waals surface area contributed by atoms with E-state index in [4.69, 9.17) is 4.74 Å². The van der Waals surface area contributed by atoms with E-state index in [1.54, 1.807) is 0 Å². The van der Waals surface area contributed by atoms with E-state index in [9.17, 15) is 0 Å². The number of guanidine groups is 1. The van der Waals surface area contributed by atoms with Crippen LogP contribution in [0.1, 0.15) is 48.7 Å². The topological polar surface area (TPSA) is 48.9 Å². The molecule has 1 unspecified atom stereocenters. The molecule has 166 valence electrons. The number of hydrogen-bond donors (Lipinski definition) is 2. The smallest absolute Gasteiger partial charge is 0.191 e. The minimum Gasteiger partial charge on any atom is -0.374 e. The number of benzene rings is 1. The van der Waals surface area contributed by atoms with Gasteiger partial charge in [-0.15, -0.1) is 35.3 Å². The first-order valence-corrected chi connectivity index (χ1v) is 11.4. The van der Waals surface area contributed by atoms with Crippen molar-refractivity contribution in [3.05, 3.63) is 57.8 Å². The minimum atomic E-state index is 0. The Kier molecular flexibility index (Phi) is 11.1. The van der Waals surface area contributed by atoms with Gasteiger partial charge < -0.3 is 15.4 Å². The molecule has 0 aliphatic carbocycles. The maximum Gasteiger partial charge on any atom is 0.191 e. The second-order valence-corrected chi connectivity index (χ2v) is 8.74. The van der Waals surface area contributed by atoms with Crippen molar-refractivity contribution in [2.24, 2.45) is 4.99 Å². The third-order valence-electron chi connectivity index (χ3n) is 5.17. The Balaban J connectivity index is 0.00000320. The van der Waals surface area contributed by atoms with Crippen molar-refractivity contribution in [3.8, 4) is 0 Å². The van der Waals surface area contributed by atoms with Crippen molar-refractivity contribution in [3.63, 3.8) is 0 Å². The number of aliphatic imine (C=N–C) groups is 1. The average molecular weight is 543 g/mol. The molecule has 1 aromatic carbocycles. The zero-order chi connectivity index (χ0) is 20.5. The van der Waals surface area contributed by atoms with Gasteiger partial charge >= 0.3 is 0 Å². The Morgan fingerprint density at radius 2 is 1.90 bits per heavy atom. The highest BCUT2D eigenvalue weighted by Crippen LogP contribution is 2.27. The van der Waals surface area contributed by atoms with Crippen LogP contribution in [-0.2, 0) is 17.9 Å². The van der Waals surface area contributed by atoms with Crippen molar-refractivity contribution < 1.29 is 4.74 Å². The Morgan fingerprint density at radius 1 is 1.13 bits per heavy atom. The summed E-state index contributed by atoms with van der Waals surface area (Å²) in [7, 11) is 1.83. The lowest BCUT2D eigenvalue weighted by Crippen LogP contribution is -2.42. The maximum atomic E-state index is 5.72. The summed E-state index contributed by atoms with van der Waals surface area (Å²) < 4.78 is 5.72. The SMILES string of the molecule is CN=C(NCc1cccc(COC(C)C)c1)NCC(c1cccs1)N1CCCC1.I. The maximum absolute atomic E-state index is 5.72. The molecule has 3 rings (SSSR count). The van der Waals surface area contributed by atoms with E-state index in [0.29, 0.717) is 12.6 Å². The highest BCUT2D eigenvalue weighted by molar-refractivity contribution is 14.0. The predicted molar refractivity (Wildman–Crippen MR) is 138 cm³/mol. The van der Waals surface area contributed by atoms with Crippen LogP contribution in [0, 0.1) is 0 Å². The van der Waals surface area contributed by atoms with Crippen LogP contribution in [0.2, 0.25) is 0 Å². The third-order valence-corrected chi connectivity index (χ3v) is 6.15. The van der Waals surface area contributed by atoms with Crippen LogP contribution in [-0.4, -0.2) is 43.6 Å². The van der Waals surface area contributed by atoms with Gasteiger partial charge in [0, 0.05) is 25.0 Å². The second kappa shape index (κ2) is 13.3. The third kappa shape index (κ3) is 7.83. The van der Waals surface area contributed by atoms with Crippen molar-refractivity contribution in [2.75, 3.05) is 26.7 Å². The number of ether oxygens (including phenoxy) is 1. The molecule has 1 saturated heterocycles. The van der Waals surface area contributed by atoms with Gasteiger partial charge in [-0.25, -0.2) is 0 Å². The van der Waals surface area contributed by atoms with Gasteiger partial charge in [0.25, 0.3) is 0 Å². The Morgan fingerprint density at radius 3 is 2.57 bits per heavy atom. The first-order valence-electron chi connectivity index (χ1n) is 10.6. The number of nitrogens with one attached hydrogen (secondary N) is 2. The number of rotatable bonds is 9. The summed E-state index contributed by atoms with van der Waals surface area (Å²) in [5.74, 6) is 0.842. The van der Waals surface area contributed by atoms with Crippen LogP contribution >= 0.6 is 35.3 Å². The van der Waals surface area contributed by atoms with Crippen molar-refractivity contribution in [2.45, 2.75) is 52.0 Å². The van der Waals surface area contributed by atoms with E-state index in [-0.39, 0.29) is 30.1 Å². The van der Waals surface area contributed by atoms with Gasteiger partial charge in [-0.3, -0.25) is 9.89 Å². The molecule has 1 atom stereocenters. The van der Waals surface area contributed by atoms with Crippen LogP contribution in [0.25, 0.3) is 0 Å². The van der Waals surface area contributed by atoms with Gasteiger partial charge in [0.2, 0.25) is 0 Å². The molecule has 0 spiro atoms. The molecule has 1 aliphatic rings. The Labute approximate surface area is 202 Å². The van der Waals surface area contributed by atoms with E-state index >= 15 is 0 Å².